The Kier molecular flexibility index (Phi) is 35.5. The van der Waals surface area contributed by atoms with Gasteiger partial charge >= 0.3 is 11.9 Å². The van der Waals surface area contributed by atoms with E-state index >= 15 is 0 Å². The molecule has 0 aromatic heterocycles. The Balaban J connectivity index is 2.23. The van der Waals surface area contributed by atoms with Gasteiger partial charge in [0.05, 0.1) is 13.2 Å². The lowest BCUT2D eigenvalue weighted by Gasteiger charge is -2.40. The predicted molar refractivity (Wildman–Crippen MR) is 226 cm³/mol. The molecule has 0 radical (unpaired) electrons. The molecular weight excluding hydrogens is 659 g/mol. The zero-order chi connectivity index (χ0) is 38.5. The summed E-state index contributed by atoms with van der Waals surface area (Å²) in [5, 5.41) is 0. The van der Waals surface area contributed by atoms with Crippen LogP contribution in [0.2, 0.25) is 0 Å². The van der Waals surface area contributed by atoms with Crippen molar-refractivity contribution in [3.8, 4) is 0 Å². The van der Waals surface area contributed by atoms with Gasteiger partial charge in [0.15, 0.2) is 0 Å². The van der Waals surface area contributed by atoms with Gasteiger partial charge < -0.3 is 14.2 Å². The Bertz CT molecular complexity index is 790. The molecule has 1 heterocycles. The molecule has 1 fully saturated rings. The highest BCUT2D eigenvalue weighted by molar-refractivity contribution is 5.69. The molecule has 0 aromatic rings. The van der Waals surface area contributed by atoms with Crippen molar-refractivity contribution in [1.82, 2.24) is 4.90 Å². The second-order valence-corrected chi connectivity index (χ2v) is 16.7. The van der Waals surface area contributed by atoms with Crippen LogP contribution in [0.1, 0.15) is 239 Å². The van der Waals surface area contributed by atoms with Crippen molar-refractivity contribution in [2.24, 2.45) is 5.92 Å². The molecule has 6 nitrogen and oxygen atoms in total. The number of esters is 2. The molecule has 0 amide bonds. The number of carbonyl (C=O) groups is 2. The highest BCUT2D eigenvalue weighted by Crippen LogP contribution is 2.29. The molecule has 314 valence electrons. The van der Waals surface area contributed by atoms with Gasteiger partial charge in [0.1, 0.15) is 6.10 Å². The van der Waals surface area contributed by atoms with E-state index in [1.807, 2.05) is 7.11 Å². The summed E-state index contributed by atoms with van der Waals surface area (Å²) in [5.41, 5.74) is 0. The molecule has 0 aliphatic carbocycles. The van der Waals surface area contributed by atoms with E-state index in [-0.39, 0.29) is 18.0 Å². The summed E-state index contributed by atoms with van der Waals surface area (Å²) in [6, 6.07) is 0.655. The number of carbonyl (C=O) groups excluding carboxylic acids is 2. The highest BCUT2D eigenvalue weighted by atomic mass is 16.5. The summed E-state index contributed by atoms with van der Waals surface area (Å²) < 4.78 is 17.0. The zero-order valence-corrected chi connectivity index (χ0v) is 36.1. The van der Waals surface area contributed by atoms with Gasteiger partial charge in [-0.3, -0.25) is 14.5 Å². The van der Waals surface area contributed by atoms with Gasteiger partial charge in [0, 0.05) is 39.1 Å². The minimum atomic E-state index is -0.00610. The van der Waals surface area contributed by atoms with E-state index in [2.05, 4.69) is 25.7 Å². The summed E-state index contributed by atoms with van der Waals surface area (Å²) in [7, 11) is 1.81. The first-order chi connectivity index (χ1) is 26.0. The molecule has 1 rings (SSSR count). The van der Waals surface area contributed by atoms with Crippen LogP contribution in [0, 0.1) is 5.92 Å². The van der Waals surface area contributed by atoms with E-state index in [1.165, 1.54) is 167 Å². The third-order valence-electron chi connectivity index (χ3n) is 11.7. The zero-order valence-electron chi connectivity index (χ0n) is 36.1. The van der Waals surface area contributed by atoms with Gasteiger partial charge in [-0.1, -0.05) is 156 Å². The van der Waals surface area contributed by atoms with Crippen molar-refractivity contribution in [2.75, 3.05) is 33.4 Å². The van der Waals surface area contributed by atoms with Crippen LogP contribution in [0.5, 0.6) is 0 Å². The largest absolute Gasteiger partial charge is 0.466 e. The van der Waals surface area contributed by atoms with Crippen molar-refractivity contribution in [3.05, 3.63) is 0 Å². The number of piperidine rings is 1. The van der Waals surface area contributed by atoms with Crippen molar-refractivity contribution < 1.29 is 23.8 Å². The molecule has 1 saturated heterocycles. The van der Waals surface area contributed by atoms with Gasteiger partial charge in [0.2, 0.25) is 0 Å². The summed E-state index contributed by atoms with van der Waals surface area (Å²) >= 11 is 0. The number of methoxy groups -OCH3 is 1. The third kappa shape index (κ3) is 30.7. The first-order valence-corrected chi connectivity index (χ1v) is 23.6. The maximum absolute atomic E-state index is 12.8. The normalized spacial score (nSPS) is 16.4. The monoisotopic (exact) mass is 750 g/mol. The topological polar surface area (TPSA) is 65.1 Å². The maximum Gasteiger partial charge on any atom is 0.306 e. The molecule has 0 aromatic carbocycles. The Morgan fingerprint density at radius 2 is 1.04 bits per heavy atom. The number of ether oxygens (including phenoxy) is 3. The molecule has 0 spiro atoms. The van der Waals surface area contributed by atoms with Crippen LogP contribution in [0.3, 0.4) is 0 Å². The molecule has 0 saturated carbocycles. The van der Waals surface area contributed by atoms with Crippen molar-refractivity contribution >= 4 is 11.9 Å². The number of nitrogens with zero attached hydrogens (tertiary/aromatic N) is 1. The molecule has 2 unspecified atom stereocenters. The SMILES string of the molecule is CCCCCCCCCOC(=O)CCCCCC1CCC(CCCCCCC(=O)OC(CCCCCCCC)CCCCCCCC)N(CCOC)C1. The Hall–Kier alpha value is -1.14. The maximum atomic E-state index is 12.8. The molecule has 53 heavy (non-hydrogen) atoms. The van der Waals surface area contributed by atoms with Crippen LogP contribution in [0.15, 0.2) is 0 Å². The summed E-state index contributed by atoms with van der Waals surface area (Å²) in [6.07, 6.45) is 40.5. The standard InChI is InChI=1S/C47H91NO5/c1-5-8-11-14-17-22-30-40-52-46(49)35-29-23-24-31-43-37-38-44(48(42-43)39-41-51-4)32-25-20-21-28-36-47(50)53-45(33-26-18-15-12-9-6-2)34-27-19-16-13-10-7-3/h43-45H,5-42H2,1-4H3. The molecule has 1 aliphatic heterocycles. The van der Waals surface area contributed by atoms with Crippen molar-refractivity contribution in [3.63, 3.8) is 0 Å². The van der Waals surface area contributed by atoms with Gasteiger partial charge in [-0.2, -0.15) is 0 Å². The number of rotatable bonds is 39. The van der Waals surface area contributed by atoms with Crippen LogP contribution in [-0.2, 0) is 23.8 Å². The van der Waals surface area contributed by atoms with Crippen LogP contribution < -0.4 is 0 Å². The average Bonchev–Trinajstić information content (AvgIpc) is 3.16. The lowest BCUT2D eigenvalue weighted by Crippen LogP contribution is -2.44. The minimum absolute atomic E-state index is 0.00610. The Labute approximate surface area is 330 Å². The van der Waals surface area contributed by atoms with E-state index in [9.17, 15) is 9.59 Å². The second kappa shape index (κ2) is 37.8. The molecule has 0 N–H and O–H groups in total. The molecule has 0 bridgehead atoms. The fraction of sp³-hybridized carbons (Fsp3) is 0.957. The second-order valence-electron chi connectivity index (χ2n) is 16.7. The van der Waals surface area contributed by atoms with Gasteiger partial charge in [-0.05, 0) is 76.5 Å². The smallest absolute Gasteiger partial charge is 0.306 e. The fourth-order valence-electron chi connectivity index (χ4n) is 8.24. The first-order valence-electron chi connectivity index (χ1n) is 23.6. The first kappa shape index (κ1) is 49.9. The molecule has 1 aliphatic rings. The molecule has 6 heteroatoms. The number of hydrogen-bond acceptors (Lipinski definition) is 6. The number of hydrogen-bond donors (Lipinski definition) is 0. The number of likely N-dealkylation sites (tertiary alicyclic amines) is 1. The van der Waals surface area contributed by atoms with Crippen LogP contribution in [0.25, 0.3) is 0 Å². The quantitative estimate of drug-likeness (QED) is 0.0460. The van der Waals surface area contributed by atoms with Gasteiger partial charge in [0.25, 0.3) is 0 Å². The fourth-order valence-corrected chi connectivity index (χ4v) is 8.24. The van der Waals surface area contributed by atoms with Crippen molar-refractivity contribution in [2.45, 2.75) is 251 Å². The number of unbranched alkanes of at least 4 members (excludes halogenated alkanes) is 21. The van der Waals surface area contributed by atoms with Gasteiger partial charge in [-0.25, -0.2) is 0 Å². The molecule has 2 atom stereocenters. The Morgan fingerprint density at radius 1 is 0.547 bits per heavy atom. The van der Waals surface area contributed by atoms with Crippen LogP contribution in [-0.4, -0.2) is 62.4 Å². The predicted octanol–water partition coefficient (Wildman–Crippen LogP) is 13.7. The summed E-state index contributed by atoms with van der Waals surface area (Å²) in [4.78, 5) is 27.7. The minimum Gasteiger partial charge on any atom is -0.466 e. The summed E-state index contributed by atoms with van der Waals surface area (Å²) in [6.45, 7) is 10.4. The van der Waals surface area contributed by atoms with Crippen molar-refractivity contribution in [1.29, 1.82) is 0 Å². The van der Waals surface area contributed by atoms with E-state index in [1.54, 1.807) is 0 Å². The lowest BCUT2D eigenvalue weighted by atomic mass is 9.86. The summed E-state index contributed by atoms with van der Waals surface area (Å²) in [5.74, 6) is 0.785. The van der Waals surface area contributed by atoms with Crippen LogP contribution >= 0.6 is 0 Å². The highest BCUT2D eigenvalue weighted by Gasteiger charge is 2.27. The molecular formula is C47H91NO5. The Morgan fingerprint density at radius 3 is 1.64 bits per heavy atom. The third-order valence-corrected chi connectivity index (χ3v) is 11.7. The van der Waals surface area contributed by atoms with E-state index < -0.39 is 0 Å². The van der Waals surface area contributed by atoms with Crippen LogP contribution in [0.4, 0.5) is 0 Å². The average molecular weight is 750 g/mol. The van der Waals surface area contributed by atoms with E-state index in [0.29, 0.717) is 25.5 Å². The van der Waals surface area contributed by atoms with E-state index in [4.69, 9.17) is 14.2 Å². The van der Waals surface area contributed by atoms with Gasteiger partial charge in [-0.15, -0.1) is 0 Å². The van der Waals surface area contributed by atoms with E-state index in [0.717, 1.165) is 64.0 Å². The lowest BCUT2D eigenvalue weighted by molar-refractivity contribution is -0.150.